The Morgan fingerprint density at radius 1 is 1.39 bits per heavy atom. The number of carbonyl (C=O) groups excluding carboxylic acids is 1. The van der Waals surface area contributed by atoms with E-state index >= 15 is 0 Å². The molecule has 0 fully saturated rings. The summed E-state index contributed by atoms with van der Waals surface area (Å²) >= 11 is 2.81. The zero-order chi connectivity index (χ0) is 16.1. The molecule has 120 valence electrons. The fourth-order valence-electron chi connectivity index (χ4n) is 2.38. The molecular formula is C16H17N3O2S2. The molecule has 0 bridgehead atoms. The van der Waals surface area contributed by atoms with Gasteiger partial charge < -0.3 is 9.73 Å². The van der Waals surface area contributed by atoms with Crippen molar-refractivity contribution in [2.45, 2.75) is 25.7 Å². The van der Waals surface area contributed by atoms with Gasteiger partial charge in [-0.1, -0.05) is 23.9 Å². The molecule has 0 unspecified atom stereocenters. The van der Waals surface area contributed by atoms with Crippen LogP contribution < -0.4 is 5.32 Å². The molecule has 0 aromatic carbocycles. The minimum Gasteiger partial charge on any atom is -0.469 e. The molecule has 0 saturated heterocycles. The van der Waals surface area contributed by atoms with E-state index in [9.17, 15) is 4.79 Å². The van der Waals surface area contributed by atoms with Crippen LogP contribution in [0.1, 0.15) is 45.3 Å². The van der Waals surface area contributed by atoms with Crippen LogP contribution in [0.5, 0.6) is 0 Å². The summed E-state index contributed by atoms with van der Waals surface area (Å²) in [6.07, 6.45) is 3.37. The molecule has 0 aliphatic rings. The largest absolute Gasteiger partial charge is 0.469 e. The molecule has 0 spiro atoms. The van der Waals surface area contributed by atoms with Gasteiger partial charge in [0.05, 0.1) is 17.9 Å². The van der Waals surface area contributed by atoms with E-state index in [1.54, 1.807) is 17.6 Å². The third kappa shape index (κ3) is 3.68. The smallest absolute Gasteiger partial charge is 0.264 e. The topological polar surface area (TPSA) is 68.0 Å². The second kappa shape index (κ2) is 7.52. The van der Waals surface area contributed by atoms with Crippen LogP contribution in [0, 0.1) is 0 Å². The molecule has 0 saturated carbocycles. The highest BCUT2D eigenvalue weighted by molar-refractivity contribution is 7.10. The standard InChI is InChI=1S/C16H17N3O2S2/c1-2-5-12-15(23-19-18-12)16(20)17-10-11(13-6-3-8-21-13)14-7-4-9-22-14/h3-4,6-9,11H,2,5,10H2,1H3,(H,17,20)/t11-/m1/s1. The summed E-state index contributed by atoms with van der Waals surface area (Å²) < 4.78 is 9.44. The SMILES string of the molecule is CCCc1nnsc1C(=O)NC[C@H](c1ccco1)c1cccs1. The molecule has 0 radical (unpaired) electrons. The average molecular weight is 347 g/mol. The van der Waals surface area contributed by atoms with Gasteiger partial charge in [-0.25, -0.2) is 0 Å². The fourth-order valence-corrected chi connectivity index (χ4v) is 3.84. The second-order valence-corrected chi connectivity index (χ2v) is 6.83. The molecule has 7 heteroatoms. The third-order valence-corrected chi connectivity index (χ3v) is 5.24. The van der Waals surface area contributed by atoms with E-state index in [1.807, 2.05) is 23.6 Å². The second-order valence-electron chi connectivity index (χ2n) is 5.09. The van der Waals surface area contributed by atoms with Crippen molar-refractivity contribution < 1.29 is 9.21 Å². The lowest BCUT2D eigenvalue weighted by atomic mass is 10.0. The summed E-state index contributed by atoms with van der Waals surface area (Å²) in [6, 6.07) is 7.86. The van der Waals surface area contributed by atoms with E-state index in [4.69, 9.17) is 4.42 Å². The highest BCUT2D eigenvalue weighted by atomic mass is 32.1. The van der Waals surface area contributed by atoms with Crippen LogP contribution in [0.2, 0.25) is 0 Å². The van der Waals surface area contributed by atoms with Crippen molar-refractivity contribution in [3.63, 3.8) is 0 Å². The molecule has 3 aromatic heterocycles. The minimum atomic E-state index is -0.114. The van der Waals surface area contributed by atoms with Crippen LogP contribution in [-0.4, -0.2) is 22.0 Å². The Kier molecular flexibility index (Phi) is 5.19. The highest BCUT2D eigenvalue weighted by Gasteiger charge is 2.21. The number of thiophene rings is 1. The predicted molar refractivity (Wildman–Crippen MR) is 91.1 cm³/mol. The molecule has 23 heavy (non-hydrogen) atoms. The van der Waals surface area contributed by atoms with E-state index in [0.29, 0.717) is 11.4 Å². The quantitative estimate of drug-likeness (QED) is 0.707. The number of furan rings is 1. The molecule has 1 N–H and O–H groups in total. The lowest BCUT2D eigenvalue weighted by Gasteiger charge is -2.14. The fraction of sp³-hybridized carbons (Fsp3) is 0.312. The van der Waals surface area contributed by atoms with Crippen molar-refractivity contribution in [2.24, 2.45) is 0 Å². The lowest BCUT2D eigenvalue weighted by Crippen LogP contribution is -2.28. The molecule has 3 rings (SSSR count). The van der Waals surface area contributed by atoms with E-state index < -0.39 is 0 Å². The van der Waals surface area contributed by atoms with Crippen LogP contribution in [0.4, 0.5) is 0 Å². The molecule has 1 atom stereocenters. The van der Waals surface area contributed by atoms with Gasteiger partial charge in [-0.15, -0.1) is 16.4 Å². The Morgan fingerprint density at radius 3 is 3.00 bits per heavy atom. The van der Waals surface area contributed by atoms with Gasteiger partial charge in [-0.05, 0) is 41.5 Å². The Labute approximate surface area is 142 Å². The van der Waals surface area contributed by atoms with E-state index in [-0.39, 0.29) is 11.8 Å². The summed E-state index contributed by atoms with van der Waals surface area (Å²) in [4.78, 5) is 14.2. The normalized spacial score (nSPS) is 12.2. The summed E-state index contributed by atoms with van der Waals surface area (Å²) in [6.45, 7) is 2.54. The molecular weight excluding hydrogens is 330 g/mol. The predicted octanol–water partition coefficient (Wildman–Crippen LogP) is 3.71. The van der Waals surface area contributed by atoms with E-state index in [2.05, 4.69) is 27.9 Å². The van der Waals surface area contributed by atoms with Crippen molar-refractivity contribution in [2.75, 3.05) is 6.54 Å². The Morgan fingerprint density at radius 2 is 2.30 bits per heavy atom. The monoisotopic (exact) mass is 347 g/mol. The zero-order valence-corrected chi connectivity index (χ0v) is 14.3. The molecule has 0 aliphatic heterocycles. The molecule has 0 aliphatic carbocycles. The van der Waals surface area contributed by atoms with Crippen LogP contribution in [0.25, 0.3) is 0 Å². The summed E-state index contributed by atoms with van der Waals surface area (Å²) in [5.41, 5.74) is 0.778. The first-order valence-electron chi connectivity index (χ1n) is 7.45. The van der Waals surface area contributed by atoms with Crippen molar-refractivity contribution in [1.29, 1.82) is 0 Å². The van der Waals surface area contributed by atoms with Gasteiger partial charge in [-0.2, -0.15) is 0 Å². The minimum absolute atomic E-state index is 0.0180. The van der Waals surface area contributed by atoms with E-state index in [0.717, 1.165) is 40.7 Å². The first-order valence-corrected chi connectivity index (χ1v) is 9.11. The highest BCUT2D eigenvalue weighted by Crippen LogP contribution is 2.28. The number of carbonyl (C=O) groups is 1. The third-order valence-electron chi connectivity index (χ3n) is 3.49. The summed E-state index contributed by atoms with van der Waals surface area (Å²) in [7, 11) is 0. The lowest BCUT2D eigenvalue weighted by molar-refractivity contribution is 0.0955. The van der Waals surface area contributed by atoms with Gasteiger partial charge in [-0.3, -0.25) is 4.79 Å². The maximum Gasteiger partial charge on any atom is 0.264 e. The van der Waals surface area contributed by atoms with E-state index in [1.165, 1.54) is 0 Å². The van der Waals surface area contributed by atoms with Gasteiger partial charge in [0.1, 0.15) is 10.6 Å². The summed E-state index contributed by atoms with van der Waals surface area (Å²) in [5.74, 6) is 0.755. The Balaban J connectivity index is 1.72. The van der Waals surface area contributed by atoms with Crippen molar-refractivity contribution in [3.8, 4) is 0 Å². The number of aryl methyl sites for hydroxylation is 1. The number of nitrogens with zero attached hydrogens (tertiary/aromatic N) is 2. The molecule has 5 nitrogen and oxygen atoms in total. The molecule has 3 heterocycles. The maximum absolute atomic E-state index is 12.4. The Hall–Kier alpha value is -1.99. The van der Waals surface area contributed by atoms with Gasteiger partial charge >= 0.3 is 0 Å². The Bertz CT molecular complexity index is 701. The van der Waals surface area contributed by atoms with Crippen LogP contribution >= 0.6 is 22.9 Å². The zero-order valence-electron chi connectivity index (χ0n) is 12.7. The van der Waals surface area contributed by atoms with Gasteiger partial charge in [0, 0.05) is 11.4 Å². The number of hydrogen-bond donors (Lipinski definition) is 1. The maximum atomic E-state index is 12.4. The van der Waals surface area contributed by atoms with Gasteiger partial charge in [0.2, 0.25) is 0 Å². The van der Waals surface area contributed by atoms with Crippen molar-refractivity contribution >= 4 is 28.8 Å². The number of nitrogens with one attached hydrogen (secondary N) is 1. The van der Waals surface area contributed by atoms with Crippen LogP contribution in [0.15, 0.2) is 40.3 Å². The van der Waals surface area contributed by atoms with Gasteiger partial charge in [0.25, 0.3) is 5.91 Å². The number of hydrogen-bond acceptors (Lipinski definition) is 6. The van der Waals surface area contributed by atoms with Crippen LogP contribution in [0.3, 0.4) is 0 Å². The number of amides is 1. The average Bonchev–Trinajstić information content (AvgIpc) is 3.30. The first-order chi connectivity index (χ1) is 11.3. The van der Waals surface area contributed by atoms with Crippen molar-refractivity contribution in [3.05, 3.63) is 57.1 Å². The molecule has 3 aromatic rings. The first kappa shape index (κ1) is 15.9. The van der Waals surface area contributed by atoms with Gasteiger partial charge in [0.15, 0.2) is 0 Å². The summed E-state index contributed by atoms with van der Waals surface area (Å²) in [5, 5.41) is 9.07. The van der Waals surface area contributed by atoms with Crippen molar-refractivity contribution in [1.82, 2.24) is 14.9 Å². The van der Waals surface area contributed by atoms with Crippen LogP contribution in [-0.2, 0) is 6.42 Å². The number of rotatable bonds is 7. The molecule has 1 amide bonds. The number of aromatic nitrogens is 2.